The van der Waals surface area contributed by atoms with Gasteiger partial charge in [0, 0.05) is 5.69 Å². The van der Waals surface area contributed by atoms with Crippen LogP contribution in [0.2, 0.25) is 0 Å². The van der Waals surface area contributed by atoms with Crippen molar-refractivity contribution < 1.29 is 14.3 Å². The third-order valence-corrected chi connectivity index (χ3v) is 3.40. The van der Waals surface area contributed by atoms with Crippen molar-refractivity contribution in [2.45, 2.75) is 26.4 Å². The largest absolute Gasteiger partial charge is 0.492 e. The second-order valence-corrected chi connectivity index (χ2v) is 6.90. The molecule has 5 nitrogen and oxygen atoms in total. The van der Waals surface area contributed by atoms with E-state index in [4.69, 9.17) is 21.7 Å². The lowest BCUT2D eigenvalue weighted by Crippen LogP contribution is -2.34. The van der Waals surface area contributed by atoms with E-state index in [0.717, 1.165) is 15.8 Å². The smallest absolute Gasteiger partial charge is 0.407 e. The van der Waals surface area contributed by atoms with Crippen LogP contribution in [-0.2, 0) is 4.74 Å². The maximum Gasteiger partial charge on any atom is 0.407 e. The van der Waals surface area contributed by atoms with Crippen LogP contribution < -0.4 is 15.4 Å². The monoisotopic (exact) mass is 342 g/mol. The molecule has 122 valence electrons. The Hall–Kier alpha value is -1.47. The van der Waals surface area contributed by atoms with E-state index in [9.17, 15) is 4.79 Å². The van der Waals surface area contributed by atoms with E-state index in [1.54, 1.807) is 0 Å². The van der Waals surface area contributed by atoms with Crippen molar-refractivity contribution in [2.75, 3.05) is 24.7 Å². The average molecular weight is 342 g/mol. The number of thioether (sulfide) groups is 1. The van der Waals surface area contributed by atoms with Gasteiger partial charge in [0.1, 0.15) is 22.3 Å². The third kappa shape index (κ3) is 8.09. The molecule has 1 aromatic rings. The number of nitrogens with one attached hydrogen (secondary N) is 2. The van der Waals surface area contributed by atoms with Gasteiger partial charge in [0.2, 0.25) is 0 Å². The summed E-state index contributed by atoms with van der Waals surface area (Å²) in [6, 6.07) is 7.47. The second kappa shape index (κ2) is 8.85. The molecule has 1 rings (SSSR count). The molecule has 1 amide bonds. The van der Waals surface area contributed by atoms with Crippen molar-refractivity contribution in [3.05, 3.63) is 24.3 Å². The standard InChI is InChI=1S/C15H22N2O3S2/c1-15(2,3)20-13(18)16-9-10-19-12-7-5-11(6-8-12)17-14(21)22-4/h5-8H,9-10H2,1-4H3,(H,16,18)(H,17,21). The molecule has 0 saturated heterocycles. The number of alkyl carbamates (subject to hydrolysis) is 1. The Morgan fingerprint density at radius 2 is 1.91 bits per heavy atom. The van der Waals surface area contributed by atoms with Crippen LogP contribution >= 0.6 is 24.0 Å². The maximum atomic E-state index is 11.4. The molecule has 0 spiro atoms. The summed E-state index contributed by atoms with van der Waals surface area (Å²) in [5, 5.41) is 5.72. The molecule has 0 aliphatic carbocycles. The minimum atomic E-state index is -0.495. The average Bonchev–Trinajstić information content (AvgIpc) is 2.43. The SMILES string of the molecule is CSC(=S)Nc1ccc(OCCNC(=O)OC(C)(C)C)cc1. The van der Waals surface area contributed by atoms with Gasteiger partial charge in [-0.05, 0) is 51.3 Å². The van der Waals surface area contributed by atoms with E-state index in [1.165, 1.54) is 11.8 Å². The predicted molar refractivity (Wildman–Crippen MR) is 95.9 cm³/mol. The van der Waals surface area contributed by atoms with E-state index in [2.05, 4.69) is 10.6 Å². The quantitative estimate of drug-likeness (QED) is 0.629. The first-order valence-corrected chi connectivity index (χ1v) is 8.48. The highest BCUT2D eigenvalue weighted by Crippen LogP contribution is 2.16. The number of carbonyl (C=O) groups is 1. The topological polar surface area (TPSA) is 59.6 Å². The lowest BCUT2D eigenvalue weighted by Gasteiger charge is -2.19. The lowest BCUT2D eigenvalue weighted by atomic mass is 10.2. The van der Waals surface area contributed by atoms with Crippen molar-refractivity contribution >= 4 is 40.1 Å². The van der Waals surface area contributed by atoms with E-state index < -0.39 is 11.7 Å². The van der Waals surface area contributed by atoms with Gasteiger partial charge in [0.05, 0.1) is 6.54 Å². The number of benzene rings is 1. The molecule has 0 aromatic heterocycles. The molecule has 22 heavy (non-hydrogen) atoms. The van der Waals surface area contributed by atoms with Crippen LogP contribution in [0.1, 0.15) is 20.8 Å². The molecular formula is C15H22N2O3S2. The minimum absolute atomic E-state index is 0.370. The first-order valence-electron chi connectivity index (χ1n) is 6.85. The fraction of sp³-hybridized carbons (Fsp3) is 0.467. The van der Waals surface area contributed by atoms with Crippen LogP contribution in [0.5, 0.6) is 5.75 Å². The van der Waals surface area contributed by atoms with Crippen LogP contribution in [0.3, 0.4) is 0 Å². The van der Waals surface area contributed by atoms with Gasteiger partial charge in [-0.25, -0.2) is 4.79 Å². The number of carbonyl (C=O) groups excluding carboxylic acids is 1. The minimum Gasteiger partial charge on any atom is -0.492 e. The number of amides is 1. The van der Waals surface area contributed by atoms with Crippen LogP contribution in [0.15, 0.2) is 24.3 Å². The number of anilines is 1. The highest BCUT2D eigenvalue weighted by atomic mass is 32.2. The molecule has 1 aromatic carbocycles. The Morgan fingerprint density at radius 1 is 1.27 bits per heavy atom. The zero-order valence-corrected chi connectivity index (χ0v) is 14.9. The van der Waals surface area contributed by atoms with E-state index >= 15 is 0 Å². The summed E-state index contributed by atoms with van der Waals surface area (Å²) in [6.45, 7) is 6.21. The zero-order chi connectivity index (χ0) is 16.6. The fourth-order valence-corrected chi connectivity index (χ4v) is 1.78. The number of ether oxygens (including phenoxy) is 2. The Labute approximate surface area is 141 Å². The fourth-order valence-electron chi connectivity index (χ4n) is 1.44. The number of hydrogen-bond acceptors (Lipinski definition) is 5. The zero-order valence-electron chi connectivity index (χ0n) is 13.3. The van der Waals surface area contributed by atoms with E-state index in [0.29, 0.717) is 13.2 Å². The molecule has 0 fully saturated rings. The predicted octanol–water partition coefficient (Wildman–Crippen LogP) is 3.65. The molecule has 0 aliphatic heterocycles. The molecule has 0 bridgehead atoms. The number of thiocarbonyl (C=S) groups is 1. The second-order valence-electron chi connectivity index (χ2n) is 5.42. The van der Waals surface area contributed by atoms with Crippen molar-refractivity contribution in [1.82, 2.24) is 5.32 Å². The lowest BCUT2D eigenvalue weighted by molar-refractivity contribution is 0.0520. The molecule has 0 saturated carbocycles. The number of rotatable bonds is 5. The molecule has 0 unspecified atom stereocenters. The van der Waals surface area contributed by atoms with Crippen LogP contribution in [0.4, 0.5) is 10.5 Å². The highest BCUT2D eigenvalue weighted by molar-refractivity contribution is 8.22. The van der Waals surface area contributed by atoms with Gasteiger partial charge in [-0.1, -0.05) is 12.2 Å². The van der Waals surface area contributed by atoms with Crippen molar-refractivity contribution in [2.24, 2.45) is 0 Å². The molecule has 0 atom stereocenters. The maximum absolute atomic E-state index is 11.4. The van der Waals surface area contributed by atoms with Crippen molar-refractivity contribution in [3.8, 4) is 5.75 Å². The van der Waals surface area contributed by atoms with Crippen LogP contribution in [-0.4, -0.2) is 35.4 Å². The summed E-state index contributed by atoms with van der Waals surface area (Å²) in [6.07, 6.45) is 1.48. The van der Waals surface area contributed by atoms with Gasteiger partial charge in [-0.2, -0.15) is 0 Å². The van der Waals surface area contributed by atoms with Gasteiger partial charge in [-0.15, -0.1) is 11.8 Å². The third-order valence-electron chi connectivity index (χ3n) is 2.33. The summed E-state index contributed by atoms with van der Waals surface area (Å²) in [5.41, 5.74) is 0.420. The Balaban J connectivity index is 2.28. The Kier molecular flexibility index (Phi) is 7.47. The van der Waals surface area contributed by atoms with Gasteiger partial charge >= 0.3 is 6.09 Å². The van der Waals surface area contributed by atoms with Gasteiger partial charge in [0.25, 0.3) is 0 Å². The first kappa shape index (κ1) is 18.6. The summed E-state index contributed by atoms with van der Waals surface area (Å²) >= 11 is 6.57. The number of hydrogen-bond donors (Lipinski definition) is 2. The van der Waals surface area contributed by atoms with Crippen molar-refractivity contribution in [1.29, 1.82) is 0 Å². The van der Waals surface area contributed by atoms with E-state index in [1.807, 2.05) is 51.3 Å². The molecular weight excluding hydrogens is 320 g/mol. The van der Waals surface area contributed by atoms with Gasteiger partial charge in [0.15, 0.2) is 0 Å². The Bertz CT molecular complexity index is 499. The summed E-state index contributed by atoms with van der Waals surface area (Å²) in [7, 11) is 0. The summed E-state index contributed by atoms with van der Waals surface area (Å²) in [5.74, 6) is 0.728. The Morgan fingerprint density at radius 3 is 2.45 bits per heavy atom. The molecule has 0 heterocycles. The summed E-state index contributed by atoms with van der Waals surface area (Å²) in [4.78, 5) is 11.4. The van der Waals surface area contributed by atoms with Crippen LogP contribution in [0.25, 0.3) is 0 Å². The first-order chi connectivity index (χ1) is 10.3. The molecule has 0 aliphatic rings. The summed E-state index contributed by atoms with van der Waals surface area (Å²) < 4.78 is 11.4. The molecule has 0 radical (unpaired) electrons. The highest BCUT2D eigenvalue weighted by Gasteiger charge is 2.15. The van der Waals surface area contributed by atoms with Gasteiger partial charge in [-0.3, -0.25) is 0 Å². The van der Waals surface area contributed by atoms with Crippen LogP contribution in [0, 0.1) is 0 Å². The van der Waals surface area contributed by atoms with Crippen molar-refractivity contribution in [3.63, 3.8) is 0 Å². The molecule has 7 heteroatoms. The van der Waals surface area contributed by atoms with E-state index in [-0.39, 0.29) is 0 Å². The normalized spacial score (nSPS) is 10.7. The molecule has 2 N–H and O–H groups in total. The van der Waals surface area contributed by atoms with Gasteiger partial charge < -0.3 is 20.1 Å².